The predicted molar refractivity (Wildman–Crippen MR) is 72.4 cm³/mol. The van der Waals surface area contributed by atoms with Crippen LogP contribution in [-0.4, -0.2) is 22.9 Å². The number of aliphatic hydroxyl groups is 2. The summed E-state index contributed by atoms with van der Waals surface area (Å²) >= 11 is 0. The van der Waals surface area contributed by atoms with Gasteiger partial charge in [-0.2, -0.15) is 0 Å². The van der Waals surface area contributed by atoms with E-state index in [2.05, 4.69) is 0 Å². The van der Waals surface area contributed by atoms with Crippen molar-refractivity contribution < 1.29 is 10.2 Å². The minimum Gasteiger partial charge on any atom is -0.396 e. The van der Waals surface area contributed by atoms with Gasteiger partial charge in [-0.25, -0.2) is 0 Å². The van der Waals surface area contributed by atoms with E-state index in [-0.39, 0.29) is 12.5 Å². The van der Waals surface area contributed by atoms with E-state index in [1.807, 2.05) is 60.7 Å². The molecule has 0 fully saturated rings. The smallest absolute Gasteiger partial charge is 0.0671 e. The first-order chi connectivity index (χ1) is 8.81. The second kappa shape index (κ2) is 6.34. The van der Waals surface area contributed by atoms with Crippen molar-refractivity contribution in [1.82, 2.24) is 0 Å². The van der Waals surface area contributed by atoms with Gasteiger partial charge in [-0.05, 0) is 17.5 Å². The fourth-order valence-electron chi connectivity index (χ4n) is 2.15. The molecule has 2 heteroatoms. The van der Waals surface area contributed by atoms with Gasteiger partial charge in [-0.15, -0.1) is 0 Å². The molecule has 18 heavy (non-hydrogen) atoms. The van der Waals surface area contributed by atoms with Crippen molar-refractivity contribution in [2.24, 2.45) is 0 Å². The lowest BCUT2D eigenvalue weighted by Gasteiger charge is -2.21. The minimum absolute atomic E-state index is 0.0436. The van der Waals surface area contributed by atoms with Gasteiger partial charge < -0.3 is 10.2 Å². The zero-order valence-corrected chi connectivity index (χ0v) is 10.2. The van der Waals surface area contributed by atoms with Crippen LogP contribution in [0.1, 0.15) is 17.0 Å². The SMILES string of the molecule is OC[C@H](c1ccccc1)[C@H](O)Cc1ccccc1. The monoisotopic (exact) mass is 242 g/mol. The van der Waals surface area contributed by atoms with Gasteiger partial charge in [0.05, 0.1) is 12.7 Å². The first-order valence-corrected chi connectivity index (χ1v) is 6.19. The van der Waals surface area contributed by atoms with Crippen molar-refractivity contribution in [2.75, 3.05) is 6.61 Å². The largest absolute Gasteiger partial charge is 0.396 e. The molecule has 0 unspecified atom stereocenters. The summed E-state index contributed by atoms with van der Waals surface area (Å²) in [6, 6.07) is 19.5. The molecule has 2 aromatic rings. The van der Waals surface area contributed by atoms with Crippen LogP contribution < -0.4 is 0 Å². The minimum atomic E-state index is -0.570. The van der Waals surface area contributed by atoms with E-state index in [1.54, 1.807) is 0 Å². The van der Waals surface area contributed by atoms with E-state index in [1.165, 1.54) is 0 Å². The van der Waals surface area contributed by atoms with Crippen LogP contribution in [0.4, 0.5) is 0 Å². The second-order valence-corrected chi connectivity index (χ2v) is 4.46. The highest BCUT2D eigenvalue weighted by atomic mass is 16.3. The molecule has 2 rings (SSSR count). The van der Waals surface area contributed by atoms with E-state index in [4.69, 9.17) is 0 Å². The molecule has 0 aliphatic carbocycles. The fourth-order valence-corrected chi connectivity index (χ4v) is 2.15. The number of hydrogen-bond acceptors (Lipinski definition) is 2. The molecule has 0 aliphatic rings. The third-order valence-corrected chi connectivity index (χ3v) is 3.18. The summed E-state index contributed by atoms with van der Waals surface area (Å²) < 4.78 is 0. The van der Waals surface area contributed by atoms with Crippen molar-refractivity contribution >= 4 is 0 Å². The first-order valence-electron chi connectivity index (χ1n) is 6.19. The molecule has 0 spiro atoms. The Hall–Kier alpha value is -1.64. The normalized spacial score (nSPS) is 14.1. The molecular formula is C16H18O2. The van der Waals surface area contributed by atoms with Crippen LogP contribution in [0.15, 0.2) is 60.7 Å². The van der Waals surface area contributed by atoms with Crippen molar-refractivity contribution in [3.8, 4) is 0 Å². The molecule has 2 atom stereocenters. The van der Waals surface area contributed by atoms with E-state index >= 15 is 0 Å². The van der Waals surface area contributed by atoms with Crippen LogP contribution in [-0.2, 0) is 6.42 Å². The van der Waals surface area contributed by atoms with Crippen LogP contribution in [0.3, 0.4) is 0 Å². The van der Waals surface area contributed by atoms with Gasteiger partial charge >= 0.3 is 0 Å². The maximum atomic E-state index is 10.3. The molecule has 2 aromatic carbocycles. The number of rotatable bonds is 5. The van der Waals surface area contributed by atoms with Crippen LogP contribution in [0, 0.1) is 0 Å². The quantitative estimate of drug-likeness (QED) is 0.845. The van der Waals surface area contributed by atoms with Gasteiger partial charge in [0.2, 0.25) is 0 Å². The van der Waals surface area contributed by atoms with Crippen molar-refractivity contribution in [1.29, 1.82) is 0 Å². The maximum Gasteiger partial charge on any atom is 0.0671 e. The average Bonchev–Trinajstić information content (AvgIpc) is 2.42. The Kier molecular flexibility index (Phi) is 4.51. The number of hydrogen-bond donors (Lipinski definition) is 2. The summed E-state index contributed by atoms with van der Waals surface area (Å²) in [5, 5.41) is 19.7. The lowest BCUT2D eigenvalue weighted by molar-refractivity contribution is 0.106. The molecule has 0 heterocycles. The molecule has 0 saturated carbocycles. The van der Waals surface area contributed by atoms with Crippen molar-refractivity contribution in [2.45, 2.75) is 18.4 Å². The molecule has 2 nitrogen and oxygen atoms in total. The van der Waals surface area contributed by atoms with Gasteiger partial charge in [0.15, 0.2) is 0 Å². The highest BCUT2D eigenvalue weighted by Crippen LogP contribution is 2.21. The van der Waals surface area contributed by atoms with E-state index in [0.717, 1.165) is 11.1 Å². The topological polar surface area (TPSA) is 40.5 Å². The Morgan fingerprint density at radius 3 is 1.94 bits per heavy atom. The summed E-state index contributed by atoms with van der Waals surface area (Å²) in [5.74, 6) is -0.230. The van der Waals surface area contributed by atoms with Crippen LogP contribution in [0.2, 0.25) is 0 Å². The predicted octanol–water partition coefficient (Wildman–Crippen LogP) is 2.37. The molecular weight excluding hydrogens is 224 g/mol. The van der Waals surface area contributed by atoms with Gasteiger partial charge in [-0.3, -0.25) is 0 Å². The molecule has 94 valence electrons. The standard InChI is InChI=1S/C16H18O2/c17-12-15(14-9-5-2-6-10-14)16(18)11-13-7-3-1-4-8-13/h1-10,15-18H,11-12H2/t15-,16-/m1/s1. The third-order valence-electron chi connectivity index (χ3n) is 3.18. The van der Waals surface area contributed by atoms with Gasteiger partial charge in [0.25, 0.3) is 0 Å². The molecule has 0 amide bonds. The molecule has 0 aromatic heterocycles. The van der Waals surface area contributed by atoms with E-state index in [9.17, 15) is 10.2 Å². The van der Waals surface area contributed by atoms with Crippen molar-refractivity contribution in [3.05, 3.63) is 71.8 Å². The van der Waals surface area contributed by atoms with Gasteiger partial charge in [-0.1, -0.05) is 60.7 Å². The highest BCUT2D eigenvalue weighted by molar-refractivity contribution is 5.23. The summed E-state index contributed by atoms with van der Waals surface area (Å²) in [7, 11) is 0. The van der Waals surface area contributed by atoms with E-state index < -0.39 is 6.10 Å². The molecule has 0 saturated heterocycles. The summed E-state index contributed by atoms with van der Waals surface area (Å²) in [6.07, 6.45) is -0.0131. The Morgan fingerprint density at radius 2 is 1.39 bits per heavy atom. The average molecular weight is 242 g/mol. The summed E-state index contributed by atoms with van der Waals surface area (Å²) in [5.41, 5.74) is 2.06. The molecule has 0 bridgehead atoms. The second-order valence-electron chi connectivity index (χ2n) is 4.46. The van der Waals surface area contributed by atoms with Crippen LogP contribution in [0.5, 0.6) is 0 Å². The summed E-state index contributed by atoms with van der Waals surface area (Å²) in [6.45, 7) is -0.0436. The van der Waals surface area contributed by atoms with E-state index in [0.29, 0.717) is 6.42 Å². The van der Waals surface area contributed by atoms with Crippen LogP contribution >= 0.6 is 0 Å². The first kappa shape index (κ1) is 12.8. The maximum absolute atomic E-state index is 10.3. The van der Waals surface area contributed by atoms with Crippen LogP contribution in [0.25, 0.3) is 0 Å². The Morgan fingerprint density at radius 1 is 0.833 bits per heavy atom. The number of aliphatic hydroxyl groups excluding tert-OH is 2. The highest BCUT2D eigenvalue weighted by Gasteiger charge is 2.20. The fraction of sp³-hybridized carbons (Fsp3) is 0.250. The summed E-state index contributed by atoms with van der Waals surface area (Å²) in [4.78, 5) is 0. The Balaban J connectivity index is 2.09. The zero-order valence-electron chi connectivity index (χ0n) is 10.2. The molecule has 0 aliphatic heterocycles. The zero-order chi connectivity index (χ0) is 12.8. The van der Waals surface area contributed by atoms with Gasteiger partial charge in [0.1, 0.15) is 0 Å². The van der Waals surface area contributed by atoms with Crippen molar-refractivity contribution in [3.63, 3.8) is 0 Å². The molecule has 2 N–H and O–H groups in total. The Labute approximate surface area is 108 Å². The lowest BCUT2D eigenvalue weighted by atomic mass is 9.90. The Bertz CT molecular complexity index is 453. The van der Waals surface area contributed by atoms with Gasteiger partial charge in [0, 0.05) is 5.92 Å². The molecule has 0 radical (unpaired) electrons. The lowest BCUT2D eigenvalue weighted by Crippen LogP contribution is -2.24. The third kappa shape index (κ3) is 3.19. The number of benzene rings is 2.